The van der Waals surface area contributed by atoms with Gasteiger partial charge in [-0.05, 0) is 12.1 Å². The average molecular weight is 389 g/mol. The normalized spacial score (nSPS) is 11.8. The van der Waals surface area contributed by atoms with E-state index >= 15 is 0 Å². The van der Waals surface area contributed by atoms with E-state index in [1.54, 1.807) is 6.20 Å². The van der Waals surface area contributed by atoms with Gasteiger partial charge in [-0.1, -0.05) is 46.4 Å². The molecule has 0 aliphatic carbocycles. The quantitative estimate of drug-likeness (QED) is 0.797. The van der Waals surface area contributed by atoms with E-state index in [1.807, 2.05) is 0 Å². The Labute approximate surface area is 141 Å². The summed E-state index contributed by atoms with van der Waals surface area (Å²) in [6.07, 6.45) is 3.05. The van der Waals surface area contributed by atoms with E-state index in [2.05, 4.69) is 9.82 Å². The van der Waals surface area contributed by atoms with Crippen LogP contribution in [-0.4, -0.2) is 24.7 Å². The van der Waals surface area contributed by atoms with Crippen LogP contribution in [0.1, 0.15) is 0 Å². The number of nitrogens with one attached hydrogen (secondary N) is 1. The van der Waals surface area contributed by atoms with E-state index in [9.17, 15) is 8.42 Å². The molecule has 0 amide bonds. The van der Waals surface area contributed by atoms with E-state index in [0.29, 0.717) is 11.6 Å². The number of hydrogen-bond acceptors (Lipinski definition) is 3. The lowest BCUT2D eigenvalue weighted by Crippen LogP contribution is -2.27. The second kappa shape index (κ2) is 6.73. The van der Waals surface area contributed by atoms with Gasteiger partial charge in [0.15, 0.2) is 0 Å². The maximum absolute atomic E-state index is 12.2. The molecule has 21 heavy (non-hydrogen) atoms. The SMILES string of the molecule is O=S(=O)(NCCn1cc(Cl)cn1)c1cc(Cl)c(Cl)cc1Cl. The first-order chi connectivity index (χ1) is 9.79. The molecule has 0 spiro atoms. The molecule has 1 heterocycles. The lowest BCUT2D eigenvalue weighted by molar-refractivity contribution is 0.561. The summed E-state index contributed by atoms with van der Waals surface area (Å²) in [6.45, 7) is 0.446. The molecule has 0 saturated carbocycles. The Balaban J connectivity index is 2.10. The van der Waals surface area contributed by atoms with Gasteiger partial charge in [0.2, 0.25) is 10.0 Å². The van der Waals surface area contributed by atoms with Crippen molar-refractivity contribution in [2.24, 2.45) is 0 Å². The zero-order chi connectivity index (χ0) is 15.6. The fourth-order valence-corrected chi connectivity index (χ4v) is 3.72. The van der Waals surface area contributed by atoms with E-state index in [4.69, 9.17) is 46.4 Å². The standard InChI is InChI=1S/C11H9Cl4N3O2S/c12-7-5-16-18(6-7)2-1-17-21(19,20)11-4-9(14)8(13)3-10(11)15/h3-6,17H,1-2H2. The molecule has 0 aliphatic rings. The van der Waals surface area contributed by atoms with Crippen LogP contribution in [0.4, 0.5) is 0 Å². The highest BCUT2D eigenvalue weighted by Gasteiger charge is 2.19. The fourth-order valence-electron chi connectivity index (χ4n) is 1.54. The van der Waals surface area contributed by atoms with Crippen LogP contribution >= 0.6 is 46.4 Å². The third-order valence-electron chi connectivity index (χ3n) is 2.50. The highest BCUT2D eigenvalue weighted by molar-refractivity contribution is 7.89. The number of sulfonamides is 1. The molecule has 114 valence electrons. The lowest BCUT2D eigenvalue weighted by Gasteiger charge is -2.09. The van der Waals surface area contributed by atoms with Crippen molar-refractivity contribution in [3.05, 3.63) is 44.6 Å². The minimum absolute atomic E-state index is 0.000895. The van der Waals surface area contributed by atoms with E-state index < -0.39 is 10.0 Å². The van der Waals surface area contributed by atoms with Crippen LogP contribution in [0.5, 0.6) is 0 Å². The molecule has 10 heteroatoms. The number of aromatic nitrogens is 2. The predicted octanol–water partition coefficient (Wildman–Crippen LogP) is 3.48. The molecule has 5 nitrogen and oxygen atoms in total. The molecule has 1 N–H and O–H groups in total. The topological polar surface area (TPSA) is 64.0 Å². The van der Waals surface area contributed by atoms with Crippen molar-refractivity contribution in [3.63, 3.8) is 0 Å². The van der Waals surface area contributed by atoms with Crippen LogP contribution in [0.15, 0.2) is 29.4 Å². The summed E-state index contributed by atoms with van der Waals surface area (Å²) < 4.78 is 28.2. The minimum Gasteiger partial charge on any atom is -0.270 e. The van der Waals surface area contributed by atoms with Crippen LogP contribution in [0.2, 0.25) is 20.1 Å². The summed E-state index contributed by atoms with van der Waals surface area (Å²) in [7, 11) is -3.79. The zero-order valence-corrected chi connectivity index (χ0v) is 14.2. The van der Waals surface area contributed by atoms with Crippen molar-refractivity contribution in [1.29, 1.82) is 0 Å². The van der Waals surface area contributed by atoms with Crippen LogP contribution in [0.25, 0.3) is 0 Å². The lowest BCUT2D eigenvalue weighted by atomic mass is 10.4. The zero-order valence-electron chi connectivity index (χ0n) is 10.4. The summed E-state index contributed by atoms with van der Waals surface area (Å²) in [5, 5.41) is 4.71. The van der Waals surface area contributed by atoms with Crippen molar-refractivity contribution in [2.75, 3.05) is 6.54 Å². The van der Waals surface area contributed by atoms with Crippen molar-refractivity contribution >= 4 is 56.4 Å². The Morgan fingerprint density at radius 3 is 2.38 bits per heavy atom. The summed E-state index contributed by atoms with van der Waals surface area (Å²) in [5.41, 5.74) is 0. The molecule has 0 fully saturated rings. The molecule has 1 aromatic heterocycles. The average Bonchev–Trinajstić information content (AvgIpc) is 2.79. The predicted molar refractivity (Wildman–Crippen MR) is 83.9 cm³/mol. The third kappa shape index (κ3) is 4.25. The van der Waals surface area contributed by atoms with Crippen molar-refractivity contribution in [3.8, 4) is 0 Å². The summed E-state index contributed by atoms with van der Waals surface area (Å²) >= 11 is 23.2. The highest BCUT2D eigenvalue weighted by Crippen LogP contribution is 2.31. The smallest absolute Gasteiger partial charge is 0.242 e. The summed E-state index contributed by atoms with van der Waals surface area (Å²) in [6, 6.07) is 2.49. The Morgan fingerprint density at radius 1 is 1.10 bits per heavy atom. The molecule has 2 aromatic rings. The molecule has 0 aliphatic heterocycles. The molecule has 0 unspecified atom stereocenters. The second-order valence-corrected chi connectivity index (χ2v) is 7.41. The Kier molecular flexibility index (Phi) is 5.40. The fraction of sp³-hybridized carbons (Fsp3) is 0.182. The summed E-state index contributed by atoms with van der Waals surface area (Å²) in [4.78, 5) is -0.128. The van der Waals surface area contributed by atoms with Crippen LogP contribution < -0.4 is 4.72 Å². The molecule has 0 atom stereocenters. The molecule has 0 saturated heterocycles. The van der Waals surface area contributed by atoms with Crippen LogP contribution in [0.3, 0.4) is 0 Å². The maximum atomic E-state index is 12.2. The first-order valence-corrected chi connectivity index (χ1v) is 8.61. The van der Waals surface area contributed by atoms with Gasteiger partial charge in [-0.2, -0.15) is 5.10 Å². The second-order valence-electron chi connectivity index (χ2n) is 4.02. The number of hydrogen-bond donors (Lipinski definition) is 1. The van der Waals surface area contributed by atoms with Crippen molar-refractivity contribution < 1.29 is 8.42 Å². The van der Waals surface area contributed by atoms with Crippen LogP contribution in [-0.2, 0) is 16.6 Å². The van der Waals surface area contributed by atoms with Gasteiger partial charge in [0.25, 0.3) is 0 Å². The van der Waals surface area contributed by atoms with Gasteiger partial charge < -0.3 is 0 Å². The summed E-state index contributed by atoms with van der Waals surface area (Å²) in [5.74, 6) is 0. The number of nitrogens with zero attached hydrogens (tertiary/aromatic N) is 2. The number of halogens is 4. The van der Waals surface area contributed by atoms with Gasteiger partial charge in [0.1, 0.15) is 4.90 Å². The van der Waals surface area contributed by atoms with Crippen LogP contribution in [0, 0.1) is 0 Å². The van der Waals surface area contributed by atoms with Gasteiger partial charge >= 0.3 is 0 Å². The first-order valence-electron chi connectivity index (χ1n) is 5.62. The molecular formula is C11H9Cl4N3O2S. The largest absolute Gasteiger partial charge is 0.270 e. The van der Waals surface area contributed by atoms with Gasteiger partial charge in [-0.25, -0.2) is 13.1 Å². The molecule has 0 radical (unpaired) electrons. The van der Waals surface area contributed by atoms with E-state index in [-0.39, 0.29) is 26.5 Å². The molecule has 2 rings (SSSR count). The molecule has 0 bridgehead atoms. The van der Waals surface area contributed by atoms with Gasteiger partial charge in [0, 0.05) is 12.7 Å². The molecule has 1 aromatic carbocycles. The minimum atomic E-state index is -3.79. The number of benzene rings is 1. The Hall–Kier alpha value is -0.500. The molecular weight excluding hydrogens is 380 g/mol. The van der Waals surface area contributed by atoms with Gasteiger partial charge in [-0.15, -0.1) is 0 Å². The van der Waals surface area contributed by atoms with E-state index in [0.717, 1.165) is 0 Å². The third-order valence-corrected chi connectivity index (χ3v) is 5.34. The van der Waals surface area contributed by atoms with Gasteiger partial charge in [-0.3, -0.25) is 4.68 Å². The van der Waals surface area contributed by atoms with Crippen molar-refractivity contribution in [2.45, 2.75) is 11.4 Å². The Bertz CT molecular complexity index is 761. The highest BCUT2D eigenvalue weighted by atomic mass is 35.5. The van der Waals surface area contributed by atoms with Gasteiger partial charge in [0.05, 0.1) is 32.8 Å². The Morgan fingerprint density at radius 2 is 1.76 bits per heavy atom. The van der Waals surface area contributed by atoms with E-state index in [1.165, 1.54) is 23.0 Å². The van der Waals surface area contributed by atoms with Crippen molar-refractivity contribution in [1.82, 2.24) is 14.5 Å². The first kappa shape index (κ1) is 16.9. The number of rotatable bonds is 5. The monoisotopic (exact) mass is 387 g/mol. The maximum Gasteiger partial charge on any atom is 0.242 e.